The van der Waals surface area contributed by atoms with Crippen molar-refractivity contribution in [3.05, 3.63) is 0 Å². The number of unbranched alkanes of at least 4 members (excludes halogenated alkanes) is 3. The largest absolute Gasteiger partial charge is 0.240 e. The van der Waals surface area contributed by atoms with Gasteiger partial charge in [0.1, 0.15) is 0 Å². The molecule has 0 fully saturated rings. The van der Waals surface area contributed by atoms with Gasteiger partial charge in [-0.15, -0.1) is 0 Å². The van der Waals surface area contributed by atoms with E-state index in [1.54, 1.807) is 7.11 Å². The van der Waals surface area contributed by atoms with Gasteiger partial charge in [-0.05, 0) is 6.42 Å². The van der Waals surface area contributed by atoms with Gasteiger partial charge >= 0.3 is 0 Å². The molecule has 0 atom stereocenters. The Bertz CT molecular complexity index is 49.8. The number of hydrogen-bond acceptors (Lipinski definition) is 2. The van der Waals surface area contributed by atoms with Gasteiger partial charge in [-0.25, -0.2) is 9.78 Å². The molecule has 0 aromatic carbocycles. The van der Waals surface area contributed by atoms with Crippen LogP contribution in [0.4, 0.5) is 0 Å². The number of hydrogen-bond donors (Lipinski definition) is 0. The van der Waals surface area contributed by atoms with Gasteiger partial charge in [0.25, 0.3) is 0 Å². The number of rotatable bonds is 6. The van der Waals surface area contributed by atoms with Gasteiger partial charge in [0.15, 0.2) is 0 Å². The van der Waals surface area contributed by atoms with Crippen LogP contribution >= 0.6 is 0 Å². The molecule has 0 saturated carbocycles. The molecule has 0 heterocycles. The normalized spacial score (nSPS) is 9.00. The van der Waals surface area contributed by atoms with Gasteiger partial charge in [0.05, 0.1) is 13.7 Å². The lowest BCUT2D eigenvalue weighted by Crippen LogP contribution is -1.91. The van der Waals surface area contributed by atoms with Gasteiger partial charge in [0, 0.05) is 0 Å². The zero-order chi connectivity index (χ0) is 9.66. The highest BCUT2D eigenvalue weighted by molar-refractivity contribution is 4.36. The fraction of sp³-hybridized carbons (Fsp3) is 1.00. The van der Waals surface area contributed by atoms with Crippen LogP contribution in [0, 0.1) is 0 Å². The first-order valence-electron chi connectivity index (χ1n) is 4.98. The second-order valence-electron chi connectivity index (χ2n) is 2.76. The molecule has 0 N–H and O–H groups in total. The molecule has 0 aliphatic rings. The zero-order valence-electron chi connectivity index (χ0n) is 9.06. The third kappa shape index (κ3) is 22.5. The van der Waals surface area contributed by atoms with Crippen LogP contribution in [0.1, 0.15) is 52.9 Å². The lowest BCUT2D eigenvalue weighted by Gasteiger charge is -1.97. The summed E-state index contributed by atoms with van der Waals surface area (Å²) in [5, 5.41) is 0. The highest BCUT2D eigenvalue weighted by Gasteiger charge is 1.86. The summed E-state index contributed by atoms with van der Waals surface area (Å²) in [6.07, 6.45) is 6.18. The Morgan fingerprint density at radius 2 is 1.50 bits per heavy atom. The lowest BCUT2D eigenvalue weighted by atomic mass is 10.2. The van der Waals surface area contributed by atoms with Crippen LogP contribution < -0.4 is 0 Å². The van der Waals surface area contributed by atoms with Crippen molar-refractivity contribution in [1.29, 1.82) is 0 Å². The molecule has 0 amide bonds. The van der Waals surface area contributed by atoms with Crippen molar-refractivity contribution in [3.63, 3.8) is 0 Å². The summed E-state index contributed by atoms with van der Waals surface area (Å²) in [6, 6.07) is 0. The molecule has 0 aliphatic heterocycles. The average Bonchev–Trinajstić information content (AvgIpc) is 2.06. The van der Waals surface area contributed by atoms with Gasteiger partial charge in [-0.2, -0.15) is 0 Å². The first kappa shape index (κ1) is 14.4. The quantitative estimate of drug-likeness (QED) is 0.350. The van der Waals surface area contributed by atoms with Gasteiger partial charge < -0.3 is 0 Å². The van der Waals surface area contributed by atoms with E-state index in [1.165, 1.54) is 25.7 Å². The molecule has 0 unspecified atom stereocenters. The molecule has 0 rings (SSSR count). The summed E-state index contributed by atoms with van der Waals surface area (Å²) in [5.74, 6) is 0. The van der Waals surface area contributed by atoms with E-state index in [1.807, 2.05) is 0 Å². The van der Waals surface area contributed by atoms with E-state index in [2.05, 4.69) is 30.5 Å². The summed E-state index contributed by atoms with van der Waals surface area (Å²) in [5.41, 5.74) is 0. The van der Waals surface area contributed by atoms with E-state index in [0.29, 0.717) is 0 Å². The van der Waals surface area contributed by atoms with E-state index in [-0.39, 0.29) is 0 Å². The standard InChI is InChI=1S/C7H16O2.C3H8/c1-3-4-5-6-7-9-8-2;1-3-2/h3-7H2,1-2H3;3H2,1-2H3. The summed E-state index contributed by atoms with van der Waals surface area (Å²) >= 11 is 0. The third-order valence-electron chi connectivity index (χ3n) is 1.20. The highest BCUT2D eigenvalue weighted by Crippen LogP contribution is 1.98. The predicted molar refractivity (Wildman–Crippen MR) is 53.1 cm³/mol. The first-order valence-corrected chi connectivity index (χ1v) is 4.98. The first-order chi connectivity index (χ1) is 5.83. The van der Waals surface area contributed by atoms with Crippen LogP contribution in [0.3, 0.4) is 0 Å². The van der Waals surface area contributed by atoms with Crippen LogP contribution in [0.5, 0.6) is 0 Å². The highest BCUT2D eigenvalue weighted by atomic mass is 17.2. The maximum Gasteiger partial charge on any atom is 0.0822 e. The minimum Gasteiger partial charge on any atom is -0.240 e. The Morgan fingerprint density at radius 3 is 1.92 bits per heavy atom. The van der Waals surface area contributed by atoms with E-state index in [9.17, 15) is 0 Å². The molecule has 0 bridgehead atoms. The van der Waals surface area contributed by atoms with Crippen molar-refractivity contribution >= 4 is 0 Å². The van der Waals surface area contributed by atoms with Crippen molar-refractivity contribution in [2.75, 3.05) is 13.7 Å². The van der Waals surface area contributed by atoms with E-state index in [0.717, 1.165) is 13.0 Å². The van der Waals surface area contributed by atoms with Gasteiger partial charge in [0.2, 0.25) is 0 Å². The fourth-order valence-electron chi connectivity index (χ4n) is 0.671. The lowest BCUT2D eigenvalue weighted by molar-refractivity contribution is -0.272. The fourth-order valence-corrected chi connectivity index (χ4v) is 0.671. The smallest absolute Gasteiger partial charge is 0.0822 e. The molecule has 76 valence electrons. The molecular weight excluding hydrogens is 152 g/mol. The van der Waals surface area contributed by atoms with Crippen molar-refractivity contribution in [1.82, 2.24) is 0 Å². The topological polar surface area (TPSA) is 18.5 Å². The molecule has 0 aromatic heterocycles. The summed E-state index contributed by atoms with van der Waals surface area (Å²) in [6.45, 7) is 7.17. The van der Waals surface area contributed by atoms with Crippen molar-refractivity contribution in [3.8, 4) is 0 Å². The Kier molecular flexibility index (Phi) is 20.6. The average molecular weight is 176 g/mol. The van der Waals surface area contributed by atoms with Gasteiger partial charge in [-0.3, -0.25) is 0 Å². The van der Waals surface area contributed by atoms with Crippen LogP contribution in [-0.2, 0) is 9.78 Å². The minimum atomic E-state index is 0.733. The summed E-state index contributed by atoms with van der Waals surface area (Å²) < 4.78 is 0. The van der Waals surface area contributed by atoms with Crippen molar-refractivity contribution < 1.29 is 9.78 Å². The van der Waals surface area contributed by atoms with Crippen molar-refractivity contribution in [2.24, 2.45) is 0 Å². The van der Waals surface area contributed by atoms with Crippen LogP contribution in [-0.4, -0.2) is 13.7 Å². The molecule has 12 heavy (non-hydrogen) atoms. The molecule has 0 spiro atoms. The minimum absolute atomic E-state index is 0.733. The monoisotopic (exact) mass is 176 g/mol. The van der Waals surface area contributed by atoms with E-state index < -0.39 is 0 Å². The third-order valence-corrected chi connectivity index (χ3v) is 1.20. The summed E-state index contributed by atoms with van der Waals surface area (Å²) in [4.78, 5) is 9.10. The second-order valence-corrected chi connectivity index (χ2v) is 2.76. The molecule has 0 aromatic rings. The molecule has 2 heteroatoms. The van der Waals surface area contributed by atoms with Crippen LogP contribution in [0.15, 0.2) is 0 Å². The Labute approximate surface area is 77.2 Å². The molecule has 0 radical (unpaired) electrons. The maximum atomic E-state index is 4.68. The summed E-state index contributed by atoms with van der Waals surface area (Å²) in [7, 11) is 1.54. The SMILES string of the molecule is CCC.CCCCCCOOC. The Hall–Kier alpha value is -0.0800. The molecule has 2 nitrogen and oxygen atoms in total. The Balaban J connectivity index is 0. The predicted octanol–water partition coefficient (Wildman–Crippen LogP) is 3.56. The van der Waals surface area contributed by atoms with E-state index in [4.69, 9.17) is 0 Å². The van der Waals surface area contributed by atoms with Gasteiger partial charge in [-0.1, -0.05) is 46.5 Å². The second kappa shape index (κ2) is 17.1. The molecular formula is C10H24O2. The zero-order valence-corrected chi connectivity index (χ0v) is 9.06. The maximum absolute atomic E-state index is 4.68. The van der Waals surface area contributed by atoms with Crippen molar-refractivity contribution in [2.45, 2.75) is 52.9 Å². The molecule has 0 aliphatic carbocycles. The Morgan fingerprint density at radius 1 is 0.917 bits per heavy atom. The van der Waals surface area contributed by atoms with Crippen LogP contribution in [0.25, 0.3) is 0 Å². The van der Waals surface area contributed by atoms with Crippen LogP contribution in [0.2, 0.25) is 0 Å². The molecule has 0 saturated heterocycles. The van der Waals surface area contributed by atoms with E-state index >= 15 is 0 Å².